The Morgan fingerprint density at radius 3 is 2.15 bits per heavy atom. The van der Waals surface area contributed by atoms with Gasteiger partial charge in [0.1, 0.15) is 0 Å². The van der Waals surface area contributed by atoms with Gasteiger partial charge in [0.15, 0.2) is 17.5 Å². The smallest absolute Gasteiger partial charge is 0.251 e. The normalized spacial score (nSPS) is 10.5. The zero-order chi connectivity index (χ0) is 15.3. The molecule has 0 aliphatic carbocycles. The molecular formula is C13H15F3N2O2. The lowest BCUT2D eigenvalue weighted by Crippen LogP contribution is -2.38. The molecule has 1 aromatic rings. The molecule has 0 saturated carbocycles. The maximum Gasteiger partial charge on any atom is 0.251 e. The number of hydrogen-bond acceptors (Lipinski definition) is 2. The second-order valence-electron chi connectivity index (χ2n) is 4.63. The van der Waals surface area contributed by atoms with E-state index in [1.807, 2.05) is 13.8 Å². The van der Waals surface area contributed by atoms with Gasteiger partial charge in [0.2, 0.25) is 5.91 Å². The molecule has 0 unspecified atom stereocenters. The van der Waals surface area contributed by atoms with Gasteiger partial charge in [-0.1, -0.05) is 13.8 Å². The van der Waals surface area contributed by atoms with Gasteiger partial charge in [-0.2, -0.15) is 0 Å². The van der Waals surface area contributed by atoms with Crippen LogP contribution in [0, 0.1) is 23.4 Å². The minimum atomic E-state index is -1.64. The summed E-state index contributed by atoms with van der Waals surface area (Å²) in [5.74, 6) is -5.58. The van der Waals surface area contributed by atoms with E-state index in [2.05, 4.69) is 10.6 Å². The summed E-state index contributed by atoms with van der Waals surface area (Å²) in [6, 6.07) is 1.14. The third kappa shape index (κ3) is 4.56. The molecule has 0 bridgehead atoms. The molecule has 0 aromatic heterocycles. The molecule has 2 N–H and O–H groups in total. The first-order valence-electron chi connectivity index (χ1n) is 6.00. The standard InChI is InChI=1S/C13H15F3N2O2/c1-7(2)5-17-11(19)6-18-13(20)8-3-9(14)12(16)10(15)4-8/h3-4,7H,5-6H2,1-2H3,(H,17,19)(H,18,20). The van der Waals surface area contributed by atoms with E-state index in [1.54, 1.807) is 0 Å². The molecule has 0 aliphatic rings. The van der Waals surface area contributed by atoms with Crippen LogP contribution in [-0.2, 0) is 4.79 Å². The average Bonchev–Trinajstić information content (AvgIpc) is 2.39. The van der Waals surface area contributed by atoms with Gasteiger partial charge in [0.25, 0.3) is 5.91 Å². The minimum absolute atomic E-state index is 0.259. The minimum Gasteiger partial charge on any atom is -0.354 e. The molecular weight excluding hydrogens is 273 g/mol. The molecule has 0 fully saturated rings. The summed E-state index contributed by atoms with van der Waals surface area (Å²) in [6.07, 6.45) is 0. The fourth-order valence-corrected chi connectivity index (χ4v) is 1.33. The largest absolute Gasteiger partial charge is 0.354 e. The van der Waals surface area contributed by atoms with Crippen LogP contribution in [0.3, 0.4) is 0 Å². The third-order valence-corrected chi connectivity index (χ3v) is 2.36. The van der Waals surface area contributed by atoms with E-state index in [9.17, 15) is 22.8 Å². The number of hydrogen-bond donors (Lipinski definition) is 2. The van der Waals surface area contributed by atoms with Crippen molar-refractivity contribution in [3.05, 3.63) is 35.1 Å². The fourth-order valence-electron chi connectivity index (χ4n) is 1.33. The maximum absolute atomic E-state index is 12.9. The first-order chi connectivity index (χ1) is 9.31. The SMILES string of the molecule is CC(C)CNC(=O)CNC(=O)c1cc(F)c(F)c(F)c1. The molecule has 0 saturated heterocycles. The molecule has 0 aliphatic heterocycles. The Bertz CT molecular complexity index is 495. The zero-order valence-electron chi connectivity index (χ0n) is 11.1. The van der Waals surface area contributed by atoms with E-state index in [0.717, 1.165) is 0 Å². The molecule has 20 heavy (non-hydrogen) atoms. The summed E-state index contributed by atoms with van der Waals surface area (Å²) < 4.78 is 38.6. The number of nitrogens with one attached hydrogen (secondary N) is 2. The number of rotatable bonds is 5. The van der Waals surface area contributed by atoms with Gasteiger partial charge in [-0.25, -0.2) is 13.2 Å². The van der Waals surface area contributed by atoms with Crippen LogP contribution in [0.25, 0.3) is 0 Å². The van der Waals surface area contributed by atoms with E-state index in [0.29, 0.717) is 18.7 Å². The average molecular weight is 288 g/mol. The van der Waals surface area contributed by atoms with E-state index in [1.165, 1.54) is 0 Å². The van der Waals surface area contributed by atoms with Crippen molar-refractivity contribution in [3.8, 4) is 0 Å². The number of benzene rings is 1. The van der Waals surface area contributed by atoms with Crippen LogP contribution in [0.1, 0.15) is 24.2 Å². The van der Waals surface area contributed by atoms with Crippen molar-refractivity contribution in [1.29, 1.82) is 0 Å². The predicted octanol–water partition coefficient (Wildman–Crippen LogP) is 1.61. The Labute approximate surface area is 114 Å². The van der Waals surface area contributed by atoms with Gasteiger partial charge >= 0.3 is 0 Å². The lowest BCUT2D eigenvalue weighted by Gasteiger charge is -2.09. The molecule has 2 amide bonds. The van der Waals surface area contributed by atoms with Crippen LogP contribution in [0.2, 0.25) is 0 Å². The van der Waals surface area contributed by atoms with Crippen molar-refractivity contribution in [1.82, 2.24) is 10.6 Å². The number of carbonyl (C=O) groups excluding carboxylic acids is 2. The Morgan fingerprint density at radius 2 is 1.65 bits per heavy atom. The fraction of sp³-hybridized carbons (Fsp3) is 0.385. The Balaban J connectivity index is 2.57. The summed E-state index contributed by atoms with van der Waals surface area (Å²) in [7, 11) is 0. The molecule has 110 valence electrons. The highest BCUT2D eigenvalue weighted by molar-refractivity contribution is 5.96. The second kappa shape index (κ2) is 6.93. The highest BCUT2D eigenvalue weighted by atomic mass is 19.2. The topological polar surface area (TPSA) is 58.2 Å². The molecule has 1 rings (SSSR count). The molecule has 4 nitrogen and oxygen atoms in total. The molecule has 0 atom stereocenters. The van der Waals surface area contributed by atoms with Gasteiger partial charge < -0.3 is 10.6 Å². The lowest BCUT2D eigenvalue weighted by atomic mass is 10.2. The predicted molar refractivity (Wildman–Crippen MR) is 66.5 cm³/mol. The molecule has 0 heterocycles. The summed E-state index contributed by atoms with van der Waals surface area (Å²) in [4.78, 5) is 22.9. The Kier molecular flexibility index (Phi) is 5.54. The second-order valence-corrected chi connectivity index (χ2v) is 4.63. The Hall–Kier alpha value is -2.05. The maximum atomic E-state index is 12.9. The molecule has 7 heteroatoms. The lowest BCUT2D eigenvalue weighted by molar-refractivity contribution is -0.120. The van der Waals surface area contributed by atoms with E-state index >= 15 is 0 Å². The van der Waals surface area contributed by atoms with Gasteiger partial charge in [-0.05, 0) is 18.1 Å². The van der Waals surface area contributed by atoms with Crippen molar-refractivity contribution in [2.75, 3.05) is 13.1 Å². The summed E-state index contributed by atoms with van der Waals surface area (Å²) in [5.41, 5.74) is -0.391. The van der Waals surface area contributed by atoms with Crippen LogP contribution in [0.4, 0.5) is 13.2 Å². The monoisotopic (exact) mass is 288 g/mol. The van der Waals surface area contributed by atoms with Crippen LogP contribution in [0.15, 0.2) is 12.1 Å². The van der Waals surface area contributed by atoms with Crippen molar-refractivity contribution in [2.45, 2.75) is 13.8 Å². The molecule has 1 aromatic carbocycles. The first-order valence-corrected chi connectivity index (χ1v) is 6.00. The van der Waals surface area contributed by atoms with Gasteiger partial charge in [0.05, 0.1) is 6.54 Å². The first kappa shape index (κ1) is 16.0. The van der Waals surface area contributed by atoms with Gasteiger partial charge in [-0.15, -0.1) is 0 Å². The van der Waals surface area contributed by atoms with Gasteiger partial charge in [-0.3, -0.25) is 9.59 Å². The van der Waals surface area contributed by atoms with Crippen LogP contribution in [0.5, 0.6) is 0 Å². The van der Waals surface area contributed by atoms with Gasteiger partial charge in [0, 0.05) is 12.1 Å². The summed E-state index contributed by atoms with van der Waals surface area (Å²) >= 11 is 0. The van der Waals surface area contributed by atoms with Crippen molar-refractivity contribution < 1.29 is 22.8 Å². The van der Waals surface area contributed by atoms with Crippen LogP contribution >= 0.6 is 0 Å². The quantitative estimate of drug-likeness (QED) is 0.809. The van der Waals surface area contributed by atoms with E-state index in [-0.39, 0.29) is 12.5 Å². The van der Waals surface area contributed by atoms with Crippen LogP contribution < -0.4 is 10.6 Å². The van der Waals surface area contributed by atoms with Crippen molar-refractivity contribution >= 4 is 11.8 Å². The number of amides is 2. The van der Waals surface area contributed by atoms with E-state index < -0.39 is 34.8 Å². The number of halogens is 3. The highest BCUT2D eigenvalue weighted by Gasteiger charge is 2.15. The van der Waals surface area contributed by atoms with Crippen molar-refractivity contribution in [3.63, 3.8) is 0 Å². The summed E-state index contributed by atoms with van der Waals surface area (Å²) in [6.45, 7) is 3.94. The number of carbonyl (C=O) groups is 2. The highest BCUT2D eigenvalue weighted by Crippen LogP contribution is 2.13. The third-order valence-electron chi connectivity index (χ3n) is 2.36. The zero-order valence-corrected chi connectivity index (χ0v) is 11.1. The molecule has 0 radical (unpaired) electrons. The molecule has 0 spiro atoms. The summed E-state index contributed by atoms with van der Waals surface area (Å²) in [5, 5.41) is 4.75. The van der Waals surface area contributed by atoms with E-state index in [4.69, 9.17) is 0 Å². The Morgan fingerprint density at radius 1 is 1.10 bits per heavy atom. The van der Waals surface area contributed by atoms with Crippen LogP contribution in [-0.4, -0.2) is 24.9 Å². The van der Waals surface area contributed by atoms with Crippen molar-refractivity contribution in [2.24, 2.45) is 5.92 Å².